The molecule has 0 amide bonds. The van der Waals surface area contributed by atoms with Crippen molar-refractivity contribution in [1.82, 2.24) is 0 Å². The number of rotatable bonds is 7. The molecule has 0 heterocycles. The number of carboxylic acid groups (broad SMARTS) is 1. The first-order valence-corrected chi connectivity index (χ1v) is 6.33. The van der Waals surface area contributed by atoms with E-state index in [0.29, 0.717) is 25.7 Å². The Labute approximate surface area is 106 Å². The van der Waals surface area contributed by atoms with Gasteiger partial charge in [0.2, 0.25) is 0 Å². The van der Waals surface area contributed by atoms with Crippen LogP contribution in [0.4, 0.5) is 0 Å². The molecular weight excluding hydrogens is 251 g/mol. The number of aliphatic carboxylic acids is 1. The van der Waals surface area contributed by atoms with Gasteiger partial charge in [-0.2, -0.15) is 0 Å². The van der Waals surface area contributed by atoms with Crippen LogP contribution in [0.1, 0.15) is 32.1 Å². The molecule has 16 heavy (non-hydrogen) atoms. The van der Waals surface area contributed by atoms with E-state index in [0.717, 1.165) is 0 Å². The van der Waals surface area contributed by atoms with Gasteiger partial charge in [0, 0.05) is 12.0 Å². The standard InChI is InChI=1S/C7H16O5Si.Al.2H2O/c8-7(9)5-3-1-2-4-6-13(10,11)12;;;/h10-12H,1-6H2,(H,8,9);;2*1H2/q;+3;;/p-3. The number of unbranched alkanes of at least 4 members (excludes halogenated alkanes) is 3. The van der Waals surface area contributed by atoms with Crippen LogP contribution in [0.3, 0.4) is 0 Å². The second kappa shape index (κ2) is 13.1. The van der Waals surface area contributed by atoms with Gasteiger partial charge < -0.3 is 35.2 Å². The van der Waals surface area contributed by atoms with Gasteiger partial charge in [0.05, 0.1) is 0 Å². The Morgan fingerprint density at radius 2 is 1.44 bits per heavy atom. The minimum absolute atomic E-state index is 0. The predicted octanol–water partition coefficient (Wildman–Crippen LogP) is -2.13. The fraction of sp³-hybridized carbons (Fsp3) is 0.857. The third-order valence-electron chi connectivity index (χ3n) is 1.64. The summed E-state index contributed by atoms with van der Waals surface area (Å²) in [4.78, 5) is 35.8. The average molecular weight is 268 g/mol. The van der Waals surface area contributed by atoms with Crippen LogP contribution in [0, 0.1) is 0 Å². The van der Waals surface area contributed by atoms with E-state index < -0.39 is 14.8 Å². The molecule has 0 atom stereocenters. The van der Waals surface area contributed by atoms with E-state index in [1.165, 1.54) is 0 Å². The van der Waals surface area contributed by atoms with E-state index in [2.05, 4.69) is 0 Å². The molecule has 0 aromatic heterocycles. The van der Waals surface area contributed by atoms with Crippen molar-refractivity contribution in [3.05, 3.63) is 0 Å². The summed E-state index contributed by atoms with van der Waals surface area (Å²) in [5, 5.41) is 9.97. The van der Waals surface area contributed by atoms with Crippen molar-refractivity contribution >= 4 is 32.1 Å². The topological polar surface area (TPSA) is 161 Å². The van der Waals surface area contributed by atoms with E-state index in [9.17, 15) is 9.90 Å². The normalized spacial score (nSPS) is 9.44. The Morgan fingerprint density at radius 1 is 1.00 bits per heavy atom. The van der Waals surface area contributed by atoms with E-state index in [-0.39, 0.29) is 40.8 Å². The molecule has 0 fully saturated rings. The van der Waals surface area contributed by atoms with Crippen LogP contribution < -0.4 is 5.11 Å². The minimum atomic E-state index is -3.87. The van der Waals surface area contributed by atoms with Crippen LogP contribution in [-0.4, -0.2) is 57.5 Å². The Kier molecular flexibility index (Phi) is 20.5. The SMILES string of the molecule is O=C([O-])CCCCCC[Si](O)(O)O.[Al+3].[OH-].[OH-]. The molecule has 0 aliphatic heterocycles. The summed E-state index contributed by atoms with van der Waals surface area (Å²) in [6.07, 6.45) is 2.50. The zero-order valence-corrected chi connectivity index (χ0v) is 11.0. The number of carboxylic acids is 1. The van der Waals surface area contributed by atoms with Gasteiger partial charge >= 0.3 is 26.2 Å². The van der Waals surface area contributed by atoms with E-state index in [1.54, 1.807) is 0 Å². The molecule has 0 aromatic carbocycles. The maximum absolute atomic E-state index is 9.97. The fourth-order valence-corrected chi connectivity index (χ4v) is 1.71. The van der Waals surface area contributed by atoms with Gasteiger partial charge in [-0.15, -0.1) is 0 Å². The Hall–Kier alpha value is 0.0194. The van der Waals surface area contributed by atoms with Crippen molar-refractivity contribution in [2.24, 2.45) is 0 Å². The molecule has 0 aromatic rings. The molecule has 94 valence electrons. The van der Waals surface area contributed by atoms with Crippen LogP contribution in [-0.2, 0) is 4.79 Å². The van der Waals surface area contributed by atoms with Crippen molar-refractivity contribution in [3.8, 4) is 0 Å². The monoisotopic (exact) mass is 268 g/mol. The summed E-state index contributed by atoms with van der Waals surface area (Å²) in [6, 6.07) is 0.0261. The van der Waals surface area contributed by atoms with Gasteiger partial charge in [0.1, 0.15) is 0 Å². The average Bonchev–Trinajstić information content (AvgIpc) is 1.93. The molecule has 0 rings (SSSR count). The number of carbonyl (C=O) groups is 1. The number of carbonyl (C=O) groups excluding carboxylic acids is 1. The van der Waals surface area contributed by atoms with Gasteiger partial charge in [0.25, 0.3) is 0 Å². The number of hydrogen-bond donors (Lipinski definition) is 3. The number of hydrogen-bond acceptors (Lipinski definition) is 7. The molecule has 0 saturated heterocycles. The van der Waals surface area contributed by atoms with Crippen molar-refractivity contribution in [3.63, 3.8) is 0 Å². The van der Waals surface area contributed by atoms with Gasteiger partial charge in [0.15, 0.2) is 0 Å². The third kappa shape index (κ3) is 23.7. The maximum Gasteiger partial charge on any atom is 3.00 e. The van der Waals surface area contributed by atoms with Gasteiger partial charge in [-0.1, -0.05) is 12.8 Å². The Morgan fingerprint density at radius 3 is 1.81 bits per heavy atom. The van der Waals surface area contributed by atoms with Crippen molar-refractivity contribution in [2.45, 2.75) is 38.1 Å². The summed E-state index contributed by atoms with van der Waals surface area (Å²) in [7, 11) is -3.87. The van der Waals surface area contributed by atoms with Crippen molar-refractivity contribution < 1.29 is 35.2 Å². The van der Waals surface area contributed by atoms with Gasteiger partial charge in [-0.05, 0) is 19.3 Å². The van der Waals surface area contributed by atoms with Crippen LogP contribution in [0.25, 0.3) is 0 Å². The van der Waals surface area contributed by atoms with Gasteiger partial charge in [-0.25, -0.2) is 0 Å². The summed E-state index contributed by atoms with van der Waals surface area (Å²) < 4.78 is 0. The summed E-state index contributed by atoms with van der Waals surface area (Å²) in [5.74, 6) is -1.06. The molecule has 5 N–H and O–H groups in total. The van der Waals surface area contributed by atoms with Crippen LogP contribution in [0.2, 0.25) is 6.04 Å². The van der Waals surface area contributed by atoms with Crippen LogP contribution in [0.15, 0.2) is 0 Å². The maximum atomic E-state index is 9.97. The zero-order chi connectivity index (χ0) is 10.3. The predicted molar refractivity (Wildman–Crippen MR) is 54.9 cm³/mol. The Bertz CT molecular complexity index is 161. The van der Waals surface area contributed by atoms with E-state index in [4.69, 9.17) is 14.4 Å². The third-order valence-corrected chi connectivity index (χ3v) is 2.67. The minimum Gasteiger partial charge on any atom is -0.870 e. The summed E-state index contributed by atoms with van der Waals surface area (Å²) in [6.45, 7) is 0. The first-order valence-electron chi connectivity index (χ1n) is 4.29. The van der Waals surface area contributed by atoms with Crippen LogP contribution in [0.5, 0.6) is 0 Å². The zero-order valence-electron chi connectivity index (χ0n) is 8.87. The summed E-state index contributed by atoms with van der Waals surface area (Å²) >= 11 is 0. The molecule has 7 nitrogen and oxygen atoms in total. The smallest absolute Gasteiger partial charge is 0.870 e. The van der Waals surface area contributed by atoms with Crippen molar-refractivity contribution in [2.75, 3.05) is 0 Å². The first kappa shape index (κ1) is 25.0. The molecule has 0 bridgehead atoms. The quantitative estimate of drug-likeness (QED) is 0.351. The van der Waals surface area contributed by atoms with E-state index in [1.807, 2.05) is 0 Å². The van der Waals surface area contributed by atoms with Crippen molar-refractivity contribution in [1.29, 1.82) is 0 Å². The molecule has 0 radical (unpaired) electrons. The van der Waals surface area contributed by atoms with Crippen LogP contribution >= 0.6 is 0 Å². The molecule has 0 spiro atoms. The second-order valence-corrected chi connectivity index (χ2v) is 5.11. The van der Waals surface area contributed by atoms with Gasteiger partial charge in [-0.3, -0.25) is 0 Å². The molecule has 0 aliphatic rings. The Balaban J connectivity index is -0.000000240. The summed E-state index contributed by atoms with van der Waals surface area (Å²) in [5.41, 5.74) is 0. The van der Waals surface area contributed by atoms with E-state index >= 15 is 0 Å². The molecule has 0 saturated carbocycles. The molecular formula is C7H17AlO7Si. The molecule has 9 heteroatoms. The first-order chi connectivity index (χ1) is 5.92. The molecule has 0 unspecified atom stereocenters. The molecule has 0 aliphatic carbocycles. The second-order valence-electron chi connectivity index (χ2n) is 3.06. The fourth-order valence-electron chi connectivity index (χ4n) is 0.985. The largest absolute Gasteiger partial charge is 3.00 e.